The maximum absolute atomic E-state index is 11.2. The van der Waals surface area contributed by atoms with E-state index in [4.69, 9.17) is 16.9 Å². The van der Waals surface area contributed by atoms with Crippen molar-refractivity contribution in [1.29, 1.82) is 5.26 Å². The van der Waals surface area contributed by atoms with Gasteiger partial charge in [0, 0.05) is 10.6 Å². The van der Waals surface area contributed by atoms with E-state index in [2.05, 4.69) is 0 Å². The van der Waals surface area contributed by atoms with E-state index in [0.29, 0.717) is 21.7 Å². The third-order valence-corrected chi connectivity index (χ3v) is 2.28. The van der Waals surface area contributed by atoms with Crippen LogP contribution in [-0.2, 0) is 0 Å². The molecule has 3 heteroatoms. The van der Waals surface area contributed by atoms with Gasteiger partial charge in [0.25, 0.3) is 0 Å². The zero-order valence-corrected chi connectivity index (χ0v) is 8.14. The zero-order valence-electron chi connectivity index (χ0n) is 7.39. The number of hydrogen-bond donors (Lipinski definition) is 0. The van der Waals surface area contributed by atoms with Crippen LogP contribution in [0.2, 0.25) is 5.02 Å². The topological polar surface area (TPSA) is 40.9 Å². The third-order valence-electron chi connectivity index (χ3n) is 1.87. The minimum atomic E-state index is -0.128. The standard InChI is InChI=1S/C10H8ClNO/c1-6-9(11)4-3-8(5-12)10(6)7(2)13/h3-4H,1-2H3. The summed E-state index contributed by atoms with van der Waals surface area (Å²) in [5.41, 5.74) is 1.48. The Morgan fingerprint density at radius 2 is 2.15 bits per heavy atom. The Labute approximate surface area is 81.7 Å². The number of hydrogen-bond acceptors (Lipinski definition) is 2. The van der Waals surface area contributed by atoms with Gasteiger partial charge in [0.05, 0.1) is 11.6 Å². The molecule has 0 N–H and O–H groups in total. The second-order valence-electron chi connectivity index (χ2n) is 2.76. The van der Waals surface area contributed by atoms with E-state index in [9.17, 15) is 4.79 Å². The minimum absolute atomic E-state index is 0.128. The van der Waals surface area contributed by atoms with Gasteiger partial charge in [0.1, 0.15) is 0 Å². The van der Waals surface area contributed by atoms with Crippen molar-refractivity contribution in [2.75, 3.05) is 0 Å². The van der Waals surface area contributed by atoms with Crippen molar-refractivity contribution >= 4 is 17.4 Å². The van der Waals surface area contributed by atoms with Crippen LogP contribution in [0, 0.1) is 18.3 Å². The average Bonchev–Trinajstić information content (AvgIpc) is 2.08. The normalized spacial score (nSPS) is 9.38. The van der Waals surface area contributed by atoms with Gasteiger partial charge < -0.3 is 0 Å². The van der Waals surface area contributed by atoms with Crippen LogP contribution in [0.25, 0.3) is 0 Å². The molecule has 0 aliphatic carbocycles. The Bertz CT molecular complexity index is 404. The molecule has 1 aromatic carbocycles. The highest BCUT2D eigenvalue weighted by Crippen LogP contribution is 2.22. The molecule has 0 spiro atoms. The van der Waals surface area contributed by atoms with E-state index in [1.165, 1.54) is 6.92 Å². The van der Waals surface area contributed by atoms with Crippen molar-refractivity contribution in [3.63, 3.8) is 0 Å². The molecule has 0 heterocycles. The van der Waals surface area contributed by atoms with E-state index in [1.54, 1.807) is 19.1 Å². The van der Waals surface area contributed by atoms with Gasteiger partial charge in [-0.2, -0.15) is 5.26 Å². The molecular weight excluding hydrogens is 186 g/mol. The minimum Gasteiger partial charge on any atom is -0.294 e. The molecule has 0 atom stereocenters. The molecule has 2 nitrogen and oxygen atoms in total. The Morgan fingerprint density at radius 3 is 2.62 bits per heavy atom. The fraction of sp³-hybridized carbons (Fsp3) is 0.200. The molecule has 0 aromatic heterocycles. The molecular formula is C10H8ClNO. The monoisotopic (exact) mass is 193 g/mol. The lowest BCUT2D eigenvalue weighted by molar-refractivity contribution is 0.101. The summed E-state index contributed by atoms with van der Waals surface area (Å²) in [6.45, 7) is 3.17. The Balaban J connectivity index is 3.53. The van der Waals surface area contributed by atoms with Crippen molar-refractivity contribution in [1.82, 2.24) is 0 Å². The summed E-state index contributed by atoms with van der Waals surface area (Å²) < 4.78 is 0. The Morgan fingerprint density at radius 1 is 1.54 bits per heavy atom. The summed E-state index contributed by atoms with van der Waals surface area (Å²) in [6, 6.07) is 5.15. The lowest BCUT2D eigenvalue weighted by Gasteiger charge is -2.05. The lowest BCUT2D eigenvalue weighted by Crippen LogP contribution is -2.00. The van der Waals surface area contributed by atoms with Crippen molar-refractivity contribution in [2.45, 2.75) is 13.8 Å². The molecule has 0 saturated carbocycles. The van der Waals surface area contributed by atoms with Crippen molar-refractivity contribution in [2.24, 2.45) is 0 Å². The molecule has 1 aromatic rings. The summed E-state index contributed by atoms with van der Waals surface area (Å²) in [5, 5.41) is 9.26. The first-order chi connectivity index (χ1) is 6.07. The van der Waals surface area contributed by atoms with Gasteiger partial charge in [0.15, 0.2) is 5.78 Å². The first kappa shape index (κ1) is 9.76. The summed E-state index contributed by atoms with van der Waals surface area (Å²) >= 11 is 5.83. The highest BCUT2D eigenvalue weighted by Gasteiger charge is 2.12. The number of rotatable bonds is 1. The number of carbonyl (C=O) groups is 1. The van der Waals surface area contributed by atoms with Crippen molar-refractivity contribution < 1.29 is 4.79 Å². The van der Waals surface area contributed by atoms with Crippen LogP contribution in [0.1, 0.15) is 28.4 Å². The summed E-state index contributed by atoms with van der Waals surface area (Å²) in [5.74, 6) is -0.128. The molecule has 13 heavy (non-hydrogen) atoms. The first-order valence-electron chi connectivity index (χ1n) is 3.78. The number of ketones is 1. The highest BCUT2D eigenvalue weighted by molar-refractivity contribution is 6.32. The number of carbonyl (C=O) groups excluding carboxylic acids is 1. The number of halogens is 1. The van der Waals surface area contributed by atoms with Crippen LogP contribution in [0.5, 0.6) is 0 Å². The molecule has 0 radical (unpaired) electrons. The van der Waals surface area contributed by atoms with Crippen LogP contribution in [0.3, 0.4) is 0 Å². The van der Waals surface area contributed by atoms with Crippen LogP contribution in [-0.4, -0.2) is 5.78 Å². The van der Waals surface area contributed by atoms with E-state index in [1.807, 2.05) is 6.07 Å². The van der Waals surface area contributed by atoms with Gasteiger partial charge in [0.2, 0.25) is 0 Å². The molecule has 0 amide bonds. The van der Waals surface area contributed by atoms with Gasteiger partial charge >= 0.3 is 0 Å². The predicted molar refractivity (Wildman–Crippen MR) is 50.9 cm³/mol. The number of benzene rings is 1. The third kappa shape index (κ3) is 1.71. The van der Waals surface area contributed by atoms with Gasteiger partial charge in [-0.15, -0.1) is 0 Å². The predicted octanol–water partition coefficient (Wildman–Crippen LogP) is 2.72. The zero-order chi connectivity index (χ0) is 10.0. The van der Waals surface area contributed by atoms with E-state index in [0.717, 1.165) is 0 Å². The Kier molecular flexibility index (Phi) is 2.69. The van der Waals surface area contributed by atoms with Gasteiger partial charge in [-0.25, -0.2) is 0 Å². The second-order valence-corrected chi connectivity index (χ2v) is 3.17. The molecule has 1 rings (SSSR count). The molecule has 0 bridgehead atoms. The van der Waals surface area contributed by atoms with Gasteiger partial charge in [-0.05, 0) is 31.5 Å². The van der Waals surface area contributed by atoms with Crippen LogP contribution < -0.4 is 0 Å². The first-order valence-corrected chi connectivity index (χ1v) is 4.16. The fourth-order valence-electron chi connectivity index (χ4n) is 1.23. The molecule has 0 aliphatic heterocycles. The van der Waals surface area contributed by atoms with Crippen LogP contribution in [0.15, 0.2) is 12.1 Å². The largest absolute Gasteiger partial charge is 0.294 e. The summed E-state index contributed by atoms with van der Waals surface area (Å²) in [7, 11) is 0. The van der Waals surface area contributed by atoms with Crippen molar-refractivity contribution in [3.05, 3.63) is 33.8 Å². The molecule has 66 valence electrons. The maximum Gasteiger partial charge on any atom is 0.161 e. The summed E-state index contributed by atoms with van der Waals surface area (Å²) in [4.78, 5) is 11.2. The average molecular weight is 194 g/mol. The SMILES string of the molecule is CC(=O)c1c(C#N)ccc(Cl)c1C. The van der Waals surface area contributed by atoms with Gasteiger partial charge in [-0.3, -0.25) is 4.79 Å². The smallest absolute Gasteiger partial charge is 0.161 e. The molecule has 0 unspecified atom stereocenters. The van der Waals surface area contributed by atoms with Crippen molar-refractivity contribution in [3.8, 4) is 6.07 Å². The highest BCUT2D eigenvalue weighted by atomic mass is 35.5. The molecule has 0 fully saturated rings. The van der Waals surface area contributed by atoms with Crippen LogP contribution >= 0.6 is 11.6 Å². The van der Waals surface area contributed by atoms with E-state index in [-0.39, 0.29) is 5.78 Å². The molecule has 0 aliphatic rings. The van der Waals surface area contributed by atoms with Gasteiger partial charge in [-0.1, -0.05) is 11.6 Å². The molecule has 0 saturated heterocycles. The number of Topliss-reactive ketones (excluding diaryl/α,β-unsaturated/α-hetero) is 1. The van der Waals surface area contributed by atoms with E-state index >= 15 is 0 Å². The number of nitriles is 1. The maximum atomic E-state index is 11.2. The fourth-order valence-corrected chi connectivity index (χ4v) is 1.39. The van der Waals surface area contributed by atoms with E-state index < -0.39 is 0 Å². The summed E-state index contributed by atoms with van der Waals surface area (Å²) in [6.07, 6.45) is 0. The number of nitrogens with zero attached hydrogens (tertiary/aromatic N) is 1. The van der Waals surface area contributed by atoms with Crippen LogP contribution in [0.4, 0.5) is 0 Å². The Hall–Kier alpha value is -1.33. The quantitative estimate of drug-likeness (QED) is 0.644. The lowest BCUT2D eigenvalue weighted by atomic mass is 10.00. The second kappa shape index (κ2) is 3.59.